The van der Waals surface area contributed by atoms with E-state index >= 15 is 0 Å². The Morgan fingerprint density at radius 2 is 2.11 bits per heavy atom. The minimum Gasteiger partial charge on any atom is -0.392 e. The number of aromatic nitrogens is 1. The molecule has 0 saturated heterocycles. The number of pyridine rings is 1. The largest absolute Gasteiger partial charge is 0.392 e. The Hall–Kier alpha value is -2.40. The van der Waals surface area contributed by atoms with Crippen molar-refractivity contribution in [3.8, 4) is 0 Å². The lowest BCUT2D eigenvalue weighted by Crippen LogP contribution is -2.22. The van der Waals surface area contributed by atoms with Gasteiger partial charge in [-0.15, -0.1) is 0 Å². The summed E-state index contributed by atoms with van der Waals surface area (Å²) in [7, 11) is 0. The molecule has 0 atom stereocenters. The molecule has 98 valence electrons. The van der Waals surface area contributed by atoms with Crippen LogP contribution in [0.25, 0.3) is 0 Å². The van der Waals surface area contributed by atoms with Crippen molar-refractivity contribution in [1.29, 1.82) is 0 Å². The number of aromatic amines is 1. The quantitative estimate of drug-likeness (QED) is 0.778. The first kappa shape index (κ1) is 13.0. The van der Waals surface area contributed by atoms with Crippen LogP contribution >= 0.6 is 0 Å². The van der Waals surface area contributed by atoms with Crippen LogP contribution in [0.3, 0.4) is 0 Å². The number of H-pyrrole nitrogens is 1. The third-order valence-electron chi connectivity index (χ3n) is 2.74. The average Bonchev–Trinajstić information content (AvgIpc) is 2.39. The fraction of sp³-hybridized carbons (Fsp3) is 0.143. The zero-order valence-corrected chi connectivity index (χ0v) is 10.4. The lowest BCUT2D eigenvalue weighted by Gasteiger charge is -2.08. The second-order valence-corrected chi connectivity index (χ2v) is 4.16. The minimum atomic E-state index is -0.498. The summed E-state index contributed by atoms with van der Waals surface area (Å²) in [5.41, 5.74) is 1.49. The molecule has 1 heterocycles. The molecule has 0 aliphatic heterocycles. The van der Waals surface area contributed by atoms with Crippen LogP contribution in [-0.2, 0) is 6.61 Å². The van der Waals surface area contributed by atoms with Crippen LogP contribution in [0.5, 0.6) is 0 Å². The van der Waals surface area contributed by atoms with E-state index in [0.29, 0.717) is 16.9 Å². The molecule has 1 amide bonds. The summed E-state index contributed by atoms with van der Waals surface area (Å²) >= 11 is 0. The summed E-state index contributed by atoms with van der Waals surface area (Å²) in [5, 5.41) is 11.8. The summed E-state index contributed by atoms with van der Waals surface area (Å²) < 4.78 is 0. The lowest BCUT2D eigenvalue weighted by molar-refractivity contribution is 0.102. The summed E-state index contributed by atoms with van der Waals surface area (Å²) in [6, 6.07) is 8.25. The van der Waals surface area contributed by atoms with Gasteiger partial charge in [0.05, 0.1) is 6.61 Å². The fourth-order valence-electron chi connectivity index (χ4n) is 1.72. The Morgan fingerprint density at radius 1 is 1.37 bits per heavy atom. The van der Waals surface area contributed by atoms with Gasteiger partial charge in [-0.25, -0.2) is 0 Å². The second kappa shape index (κ2) is 5.49. The van der Waals surface area contributed by atoms with Crippen molar-refractivity contribution in [2.45, 2.75) is 13.5 Å². The molecule has 1 aromatic heterocycles. The number of aryl methyl sites for hydroxylation is 1. The molecule has 19 heavy (non-hydrogen) atoms. The van der Waals surface area contributed by atoms with Gasteiger partial charge in [0.15, 0.2) is 5.43 Å². The van der Waals surface area contributed by atoms with Crippen molar-refractivity contribution in [2.75, 3.05) is 5.32 Å². The van der Waals surface area contributed by atoms with Crippen LogP contribution in [0, 0.1) is 6.92 Å². The van der Waals surface area contributed by atoms with Crippen LogP contribution in [0.4, 0.5) is 5.69 Å². The monoisotopic (exact) mass is 258 g/mol. The third kappa shape index (κ3) is 2.89. The highest BCUT2D eigenvalue weighted by molar-refractivity contribution is 6.04. The molecule has 3 N–H and O–H groups in total. The number of nitrogens with one attached hydrogen (secondary N) is 2. The normalized spacial score (nSPS) is 10.2. The van der Waals surface area contributed by atoms with E-state index in [2.05, 4.69) is 10.3 Å². The lowest BCUT2D eigenvalue weighted by atomic mass is 10.1. The Balaban J connectivity index is 2.28. The number of para-hydroxylation sites is 1. The number of aliphatic hydroxyl groups is 1. The summed E-state index contributed by atoms with van der Waals surface area (Å²) in [6.45, 7) is 1.56. The maximum atomic E-state index is 12.0. The predicted molar refractivity (Wildman–Crippen MR) is 72.1 cm³/mol. The zero-order chi connectivity index (χ0) is 13.8. The van der Waals surface area contributed by atoms with Gasteiger partial charge in [0.1, 0.15) is 5.56 Å². The number of anilines is 1. The molecule has 0 fully saturated rings. The highest BCUT2D eigenvalue weighted by Gasteiger charge is 2.12. The van der Waals surface area contributed by atoms with Crippen molar-refractivity contribution < 1.29 is 9.90 Å². The molecule has 0 unspecified atom stereocenters. The zero-order valence-electron chi connectivity index (χ0n) is 10.4. The van der Waals surface area contributed by atoms with Crippen molar-refractivity contribution in [2.24, 2.45) is 0 Å². The number of hydrogen-bond donors (Lipinski definition) is 3. The first-order chi connectivity index (χ1) is 9.11. The first-order valence-corrected chi connectivity index (χ1v) is 5.81. The highest BCUT2D eigenvalue weighted by atomic mass is 16.3. The van der Waals surface area contributed by atoms with E-state index in [1.165, 1.54) is 12.3 Å². The van der Waals surface area contributed by atoms with E-state index in [9.17, 15) is 14.7 Å². The number of carbonyl (C=O) groups excluding carboxylic acids is 1. The maximum absolute atomic E-state index is 12.0. The molecular formula is C14H14N2O3. The number of amides is 1. The molecule has 0 aliphatic rings. The predicted octanol–water partition coefficient (Wildman–Crippen LogP) is 1.43. The smallest absolute Gasteiger partial charge is 0.261 e. The van der Waals surface area contributed by atoms with Crippen molar-refractivity contribution in [3.63, 3.8) is 0 Å². The number of benzene rings is 1. The second-order valence-electron chi connectivity index (χ2n) is 4.16. The topological polar surface area (TPSA) is 82.2 Å². The van der Waals surface area contributed by atoms with E-state index < -0.39 is 5.91 Å². The molecule has 5 heteroatoms. The SMILES string of the molecule is Cc1cc(=O)c(C(=O)Nc2ccccc2CO)c[nH]1. The van der Waals surface area contributed by atoms with Gasteiger partial charge in [-0.1, -0.05) is 18.2 Å². The fourth-order valence-corrected chi connectivity index (χ4v) is 1.72. The number of hydrogen-bond acceptors (Lipinski definition) is 3. The summed E-state index contributed by atoms with van der Waals surface area (Å²) in [4.78, 5) is 26.5. The average molecular weight is 258 g/mol. The Morgan fingerprint density at radius 3 is 2.79 bits per heavy atom. The summed E-state index contributed by atoms with van der Waals surface area (Å²) in [5.74, 6) is -0.498. The third-order valence-corrected chi connectivity index (χ3v) is 2.74. The van der Waals surface area contributed by atoms with Gasteiger partial charge >= 0.3 is 0 Å². The number of rotatable bonds is 3. The van der Waals surface area contributed by atoms with Gasteiger partial charge in [-0.2, -0.15) is 0 Å². The van der Waals surface area contributed by atoms with Crippen LogP contribution in [-0.4, -0.2) is 16.0 Å². The highest BCUT2D eigenvalue weighted by Crippen LogP contribution is 2.15. The van der Waals surface area contributed by atoms with Gasteiger partial charge in [0.2, 0.25) is 0 Å². The van der Waals surface area contributed by atoms with Crippen LogP contribution in [0.15, 0.2) is 41.3 Å². The Labute approximate surface area is 109 Å². The molecule has 2 rings (SSSR count). The van der Waals surface area contributed by atoms with Crippen LogP contribution in [0.2, 0.25) is 0 Å². The molecule has 1 aromatic carbocycles. The van der Waals surface area contributed by atoms with E-state index in [0.717, 1.165) is 0 Å². The minimum absolute atomic E-state index is 0.0401. The van der Waals surface area contributed by atoms with Gasteiger partial charge < -0.3 is 15.4 Å². The molecule has 0 saturated carbocycles. The summed E-state index contributed by atoms with van der Waals surface area (Å²) in [6.07, 6.45) is 1.38. The molecule has 0 spiro atoms. The van der Waals surface area contributed by atoms with Gasteiger partial charge in [0.25, 0.3) is 5.91 Å². The van der Waals surface area contributed by atoms with Crippen LogP contribution < -0.4 is 10.7 Å². The van der Waals surface area contributed by atoms with Gasteiger partial charge in [0, 0.05) is 29.2 Å². The van der Waals surface area contributed by atoms with E-state index in [4.69, 9.17) is 0 Å². The van der Waals surface area contributed by atoms with Crippen molar-refractivity contribution in [1.82, 2.24) is 4.98 Å². The van der Waals surface area contributed by atoms with E-state index in [-0.39, 0.29) is 17.6 Å². The van der Waals surface area contributed by atoms with E-state index in [1.54, 1.807) is 31.2 Å². The standard InChI is InChI=1S/C14H14N2O3/c1-9-6-13(18)11(7-15-9)14(19)16-12-5-3-2-4-10(12)8-17/h2-7,17H,8H2,1H3,(H,15,18)(H,16,19). The van der Waals surface area contributed by atoms with E-state index in [1.807, 2.05) is 0 Å². The van der Waals surface area contributed by atoms with Crippen molar-refractivity contribution in [3.05, 3.63) is 63.6 Å². The molecular weight excluding hydrogens is 244 g/mol. The van der Waals surface area contributed by atoms with Gasteiger partial charge in [-0.3, -0.25) is 9.59 Å². The van der Waals surface area contributed by atoms with Crippen molar-refractivity contribution >= 4 is 11.6 Å². The number of aliphatic hydroxyl groups excluding tert-OH is 1. The molecule has 0 aliphatic carbocycles. The Kier molecular flexibility index (Phi) is 3.77. The molecule has 5 nitrogen and oxygen atoms in total. The molecule has 2 aromatic rings. The van der Waals surface area contributed by atoms with Crippen LogP contribution in [0.1, 0.15) is 21.6 Å². The molecule has 0 bridgehead atoms. The molecule has 0 radical (unpaired) electrons. The first-order valence-electron chi connectivity index (χ1n) is 5.81. The Bertz CT molecular complexity index is 662. The van der Waals surface area contributed by atoms with Gasteiger partial charge in [-0.05, 0) is 13.0 Å². The maximum Gasteiger partial charge on any atom is 0.261 e. The number of carbonyl (C=O) groups is 1.